The second-order valence-electron chi connectivity index (χ2n) is 6.24. The molecule has 21 heavy (non-hydrogen) atoms. The highest BCUT2D eigenvalue weighted by molar-refractivity contribution is 7.17. The average molecular weight is 293 g/mol. The predicted octanol–water partition coefficient (Wildman–Crippen LogP) is 4.33. The Morgan fingerprint density at radius 2 is 1.76 bits per heavy atom. The number of fused-ring (bicyclic) bond motifs is 2. The second kappa shape index (κ2) is 4.97. The van der Waals surface area contributed by atoms with Gasteiger partial charge < -0.3 is 5.73 Å². The first-order valence-corrected chi connectivity index (χ1v) is 8.42. The van der Waals surface area contributed by atoms with E-state index in [-0.39, 0.29) is 5.54 Å². The van der Waals surface area contributed by atoms with Gasteiger partial charge in [0.15, 0.2) is 0 Å². The first-order valence-electron chi connectivity index (χ1n) is 7.54. The van der Waals surface area contributed by atoms with Crippen molar-refractivity contribution < 1.29 is 0 Å². The lowest BCUT2D eigenvalue weighted by molar-refractivity contribution is 0.370. The Bertz CT molecular complexity index is 789. The summed E-state index contributed by atoms with van der Waals surface area (Å²) in [5.74, 6) is 0. The first-order chi connectivity index (χ1) is 10.2. The smallest absolute Gasteiger partial charge is 0.0345 e. The lowest BCUT2D eigenvalue weighted by Crippen LogP contribution is -2.47. The van der Waals surface area contributed by atoms with E-state index in [1.165, 1.54) is 26.8 Å². The number of hydrogen-bond acceptors (Lipinski definition) is 2. The average Bonchev–Trinajstić information content (AvgIpc) is 2.90. The summed E-state index contributed by atoms with van der Waals surface area (Å²) in [6, 6.07) is 17.4. The van der Waals surface area contributed by atoms with E-state index in [1.54, 1.807) is 0 Å². The van der Waals surface area contributed by atoms with Crippen molar-refractivity contribution in [3.05, 3.63) is 70.6 Å². The molecule has 0 saturated heterocycles. The Morgan fingerprint density at radius 3 is 2.67 bits per heavy atom. The largest absolute Gasteiger partial charge is 0.324 e. The molecule has 1 aromatic heterocycles. The molecule has 1 heterocycles. The fraction of sp³-hybridized carbons (Fsp3) is 0.263. The molecule has 1 aliphatic rings. The van der Waals surface area contributed by atoms with Crippen molar-refractivity contribution in [3.63, 3.8) is 0 Å². The molecular formula is C19H19NS. The van der Waals surface area contributed by atoms with E-state index in [0.717, 1.165) is 25.7 Å². The van der Waals surface area contributed by atoms with Crippen molar-refractivity contribution in [2.75, 3.05) is 0 Å². The number of aryl methyl sites for hydroxylation is 1. The van der Waals surface area contributed by atoms with Gasteiger partial charge in [0.05, 0.1) is 0 Å². The number of hydrogen-bond donors (Lipinski definition) is 1. The maximum absolute atomic E-state index is 6.76. The Balaban J connectivity index is 1.65. The molecule has 2 heteroatoms. The SMILES string of the molecule is NC1(Cc2csc3ccccc23)CCc2ccccc2C1. The van der Waals surface area contributed by atoms with Crippen LogP contribution in [0.25, 0.3) is 10.1 Å². The van der Waals surface area contributed by atoms with E-state index in [9.17, 15) is 0 Å². The quantitative estimate of drug-likeness (QED) is 0.747. The zero-order valence-corrected chi connectivity index (χ0v) is 12.8. The zero-order chi connectivity index (χ0) is 14.3. The Hall–Kier alpha value is -1.64. The van der Waals surface area contributed by atoms with Gasteiger partial charge in [-0.15, -0.1) is 11.3 Å². The summed E-state index contributed by atoms with van der Waals surface area (Å²) in [4.78, 5) is 0. The van der Waals surface area contributed by atoms with E-state index >= 15 is 0 Å². The summed E-state index contributed by atoms with van der Waals surface area (Å²) in [5.41, 5.74) is 11.0. The maximum Gasteiger partial charge on any atom is 0.0345 e. The van der Waals surface area contributed by atoms with Crippen LogP contribution in [0.4, 0.5) is 0 Å². The van der Waals surface area contributed by atoms with E-state index in [0.29, 0.717) is 0 Å². The van der Waals surface area contributed by atoms with Gasteiger partial charge in [0.25, 0.3) is 0 Å². The highest BCUT2D eigenvalue weighted by Gasteiger charge is 2.31. The second-order valence-corrected chi connectivity index (χ2v) is 7.15. The fourth-order valence-corrected chi connectivity index (χ4v) is 4.49. The highest BCUT2D eigenvalue weighted by atomic mass is 32.1. The molecule has 4 rings (SSSR count). The highest BCUT2D eigenvalue weighted by Crippen LogP contribution is 2.33. The molecule has 0 fully saturated rings. The molecule has 0 radical (unpaired) electrons. The lowest BCUT2D eigenvalue weighted by atomic mass is 9.75. The molecule has 3 aromatic rings. The third kappa shape index (κ3) is 2.39. The van der Waals surface area contributed by atoms with Gasteiger partial charge in [-0.3, -0.25) is 0 Å². The molecule has 1 atom stereocenters. The summed E-state index contributed by atoms with van der Waals surface area (Å²) in [6.07, 6.45) is 4.15. The van der Waals surface area contributed by atoms with Gasteiger partial charge in [-0.05, 0) is 59.2 Å². The monoisotopic (exact) mass is 293 g/mol. The van der Waals surface area contributed by atoms with E-state index in [1.807, 2.05) is 11.3 Å². The van der Waals surface area contributed by atoms with Crippen LogP contribution in [0.3, 0.4) is 0 Å². The van der Waals surface area contributed by atoms with Crippen molar-refractivity contribution >= 4 is 21.4 Å². The molecule has 2 aromatic carbocycles. The minimum absolute atomic E-state index is 0.0990. The van der Waals surface area contributed by atoms with Crippen LogP contribution in [0.1, 0.15) is 23.1 Å². The van der Waals surface area contributed by atoms with Crippen molar-refractivity contribution in [2.24, 2.45) is 5.73 Å². The summed E-state index contributed by atoms with van der Waals surface area (Å²) >= 11 is 1.83. The molecule has 1 nitrogen and oxygen atoms in total. The van der Waals surface area contributed by atoms with Crippen LogP contribution < -0.4 is 5.73 Å². The molecule has 0 bridgehead atoms. The summed E-state index contributed by atoms with van der Waals surface area (Å²) < 4.78 is 1.37. The minimum atomic E-state index is -0.0990. The van der Waals surface area contributed by atoms with Crippen molar-refractivity contribution in [2.45, 2.75) is 31.2 Å². The minimum Gasteiger partial charge on any atom is -0.324 e. The number of thiophene rings is 1. The van der Waals surface area contributed by atoms with Gasteiger partial charge in [-0.2, -0.15) is 0 Å². The molecule has 106 valence electrons. The third-order valence-electron chi connectivity index (χ3n) is 4.66. The number of rotatable bonds is 2. The van der Waals surface area contributed by atoms with Gasteiger partial charge in [-0.25, -0.2) is 0 Å². The topological polar surface area (TPSA) is 26.0 Å². The standard InChI is InChI=1S/C19H19NS/c20-19(10-9-14-5-1-2-6-15(14)11-19)12-16-13-21-18-8-4-3-7-17(16)18/h1-8,13H,9-12,20H2. The predicted molar refractivity (Wildman–Crippen MR) is 90.9 cm³/mol. The van der Waals surface area contributed by atoms with Crippen molar-refractivity contribution in [3.8, 4) is 0 Å². The van der Waals surface area contributed by atoms with Crippen LogP contribution in [-0.2, 0) is 19.3 Å². The van der Waals surface area contributed by atoms with Crippen LogP contribution in [-0.4, -0.2) is 5.54 Å². The third-order valence-corrected chi connectivity index (χ3v) is 5.67. The van der Waals surface area contributed by atoms with E-state index < -0.39 is 0 Å². The Morgan fingerprint density at radius 1 is 1.00 bits per heavy atom. The van der Waals surface area contributed by atoms with Gasteiger partial charge in [-0.1, -0.05) is 42.5 Å². The molecule has 0 saturated carbocycles. The normalized spacial score (nSPS) is 21.4. The molecule has 1 aliphatic carbocycles. The van der Waals surface area contributed by atoms with Gasteiger partial charge >= 0.3 is 0 Å². The van der Waals surface area contributed by atoms with Crippen molar-refractivity contribution in [1.82, 2.24) is 0 Å². The molecule has 0 aliphatic heterocycles. The van der Waals surface area contributed by atoms with E-state index in [2.05, 4.69) is 53.9 Å². The summed E-state index contributed by atoms with van der Waals surface area (Å²) in [6.45, 7) is 0. The Labute approximate surface area is 129 Å². The van der Waals surface area contributed by atoms with Crippen LogP contribution in [0.15, 0.2) is 53.9 Å². The molecule has 2 N–H and O–H groups in total. The molecular weight excluding hydrogens is 274 g/mol. The van der Waals surface area contributed by atoms with Gasteiger partial charge in [0, 0.05) is 10.2 Å². The van der Waals surface area contributed by atoms with E-state index in [4.69, 9.17) is 5.73 Å². The fourth-order valence-electron chi connectivity index (χ4n) is 3.53. The summed E-state index contributed by atoms with van der Waals surface area (Å²) in [7, 11) is 0. The maximum atomic E-state index is 6.76. The van der Waals surface area contributed by atoms with Gasteiger partial charge in [0.1, 0.15) is 0 Å². The van der Waals surface area contributed by atoms with Crippen LogP contribution in [0, 0.1) is 0 Å². The number of nitrogens with two attached hydrogens (primary N) is 1. The zero-order valence-electron chi connectivity index (χ0n) is 12.0. The first kappa shape index (κ1) is 13.1. The van der Waals surface area contributed by atoms with Crippen LogP contribution in [0.5, 0.6) is 0 Å². The van der Waals surface area contributed by atoms with Gasteiger partial charge in [0.2, 0.25) is 0 Å². The van der Waals surface area contributed by atoms with Crippen LogP contribution in [0.2, 0.25) is 0 Å². The number of benzene rings is 2. The van der Waals surface area contributed by atoms with Crippen molar-refractivity contribution in [1.29, 1.82) is 0 Å². The molecule has 0 amide bonds. The Kier molecular flexibility index (Phi) is 3.09. The van der Waals surface area contributed by atoms with Crippen LogP contribution >= 0.6 is 11.3 Å². The summed E-state index contributed by atoms with van der Waals surface area (Å²) in [5, 5.41) is 3.67. The molecule has 0 spiro atoms. The molecule has 1 unspecified atom stereocenters. The lowest BCUT2D eigenvalue weighted by Gasteiger charge is -2.35.